The number of hydrogen-bond donors (Lipinski definition) is 2. The number of aromatic nitrogens is 1. The second-order valence-corrected chi connectivity index (χ2v) is 1.84. The van der Waals surface area contributed by atoms with Gasteiger partial charge in [-0.3, -0.25) is 10.7 Å². The molecule has 9 heavy (non-hydrogen) atoms. The first kappa shape index (κ1) is 6.32. The van der Waals surface area contributed by atoms with Gasteiger partial charge in [0.1, 0.15) is 5.15 Å². The molecule has 1 rings (SSSR count). The Morgan fingerprint density at radius 3 is 2.78 bits per heavy atom. The highest BCUT2D eigenvalue weighted by Crippen LogP contribution is 2.07. The average molecular weight is 145 g/mol. The Balaban J connectivity index is 2.94. The molecule has 0 radical (unpaired) electrons. The van der Waals surface area contributed by atoms with E-state index in [1.165, 1.54) is 0 Å². The number of hydrogen-bond acceptors (Lipinski definition) is 3. The highest BCUT2D eigenvalue weighted by Gasteiger charge is 1.89. The van der Waals surface area contributed by atoms with Gasteiger partial charge in [0.2, 0.25) is 0 Å². The van der Waals surface area contributed by atoms with Gasteiger partial charge in [0.25, 0.3) is 0 Å². The lowest BCUT2D eigenvalue weighted by atomic mass is 10.5. The van der Waals surface area contributed by atoms with Gasteiger partial charge in [0, 0.05) is 0 Å². The summed E-state index contributed by atoms with van der Waals surface area (Å²) in [5, 5.41) is 8.65. The van der Waals surface area contributed by atoms with Crippen molar-refractivity contribution >= 4 is 17.4 Å². The monoisotopic (exact) mass is 144 g/mol. The van der Waals surface area contributed by atoms with E-state index in [1.807, 2.05) is 5.48 Å². The van der Waals surface area contributed by atoms with Gasteiger partial charge in [-0.15, -0.1) is 0 Å². The van der Waals surface area contributed by atoms with Crippen molar-refractivity contribution in [1.82, 2.24) is 4.98 Å². The smallest absolute Gasteiger partial charge is 0.151 e. The highest BCUT2D eigenvalue weighted by atomic mass is 35.5. The zero-order valence-corrected chi connectivity index (χ0v) is 5.26. The quantitative estimate of drug-likeness (QED) is 0.464. The number of pyridine rings is 1. The van der Waals surface area contributed by atoms with E-state index in [-0.39, 0.29) is 0 Å². The van der Waals surface area contributed by atoms with Crippen LogP contribution >= 0.6 is 11.6 Å². The third-order valence-electron chi connectivity index (χ3n) is 0.830. The van der Waals surface area contributed by atoms with Crippen LogP contribution in [0, 0.1) is 0 Å². The third-order valence-corrected chi connectivity index (χ3v) is 1.04. The second-order valence-electron chi connectivity index (χ2n) is 1.46. The predicted octanol–water partition coefficient (Wildman–Crippen LogP) is 1.54. The molecular formula is C5H5ClN2O. The molecule has 0 aliphatic carbocycles. The molecule has 0 unspecified atom stereocenters. The van der Waals surface area contributed by atoms with E-state index >= 15 is 0 Å². The Labute approximate surface area is 57.3 Å². The van der Waals surface area contributed by atoms with Crippen LogP contribution in [0.1, 0.15) is 0 Å². The fourth-order valence-electron chi connectivity index (χ4n) is 0.471. The fraction of sp³-hybridized carbons (Fsp3) is 0. The molecule has 0 aliphatic heterocycles. The molecule has 0 amide bonds. The molecule has 0 bridgehead atoms. The van der Waals surface area contributed by atoms with Crippen molar-refractivity contribution in [3.63, 3.8) is 0 Å². The van der Waals surface area contributed by atoms with Crippen molar-refractivity contribution in [2.45, 2.75) is 0 Å². The summed E-state index contributed by atoms with van der Waals surface area (Å²) in [5.41, 5.74) is 1.87. The van der Waals surface area contributed by atoms with Gasteiger partial charge in [-0.2, -0.15) is 0 Å². The molecule has 2 N–H and O–H groups in total. The molecule has 0 aromatic carbocycles. The van der Waals surface area contributed by atoms with Crippen LogP contribution < -0.4 is 5.48 Å². The standard InChI is InChI=1S/C5H5ClN2O/c6-4-2-1-3-5(7-4)8-9/h1-3,9H,(H,7,8). The molecule has 4 heteroatoms. The lowest BCUT2D eigenvalue weighted by Crippen LogP contribution is -1.91. The topological polar surface area (TPSA) is 45.1 Å². The Bertz CT molecular complexity index is 204. The summed E-state index contributed by atoms with van der Waals surface area (Å²) in [4.78, 5) is 3.70. The predicted molar refractivity (Wildman–Crippen MR) is 34.7 cm³/mol. The van der Waals surface area contributed by atoms with E-state index in [2.05, 4.69) is 4.98 Å². The van der Waals surface area contributed by atoms with Crippen molar-refractivity contribution in [1.29, 1.82) is 0 Å². The normalized spacial score (nSPS) is 9.11. The van der Waals surface area contributed by atoms with Crippen molar-refractivity contribution < 1.29 is 5.21 Å². The summed E-state index contributed by atoms with van der Waals surface area (Å²) >= 11 is 5.46. The lowest BCUT2D eigenvalue weighted by molar-refractivity contribution is 0.386. The lowest BCUT2D eigenvalue weighted by Gasteiger charge is -1.94. The van der Waals surface area contributed by atoms with Gasteiger partial charge in [-0.1, -0.05) is 17.7 Å². The average Bonchev–Trinajstić information content (AvgIpc) is 1.88. The summed E-state index contributed by atoms with van der Waals surface area (Å²) in [6, 6.07) is 4.92. The first-order valence-corrected chi connectivity index (χ1v) is 2.73. The van der Waals surface area contributed by atoms with Crippen molar-refractivity contribution in [3.8, 4) is 0 Å². The van der Waals surface area contributed by atoms with E-state index in [4.69, 9.17) is 16.8 Å². The SMILES string of the molecule is ONc1cccc(Cl)n1. The van der Waals surface area contributed by atoms with E-state index in [0.29, 0.717) is 11.0 Å². The molecule has 1 heterocycles. The highest BCUT2D eigenvalue weighted by molar-refractivity contribution is 6.29. The first-order valence-electron chi connectivity index (χ1n) is 2.35. The zero-order valence-electron chi connectivity index (χ0n) is 4.50. The molecule has 0 atom stereocenters. The van der Waals surface area contributed by atoms with Crippen LogP contribution in [-0.2, 0) is 0 Å². The minimum atomic E-state index is 0.350. The minimum absolute atomic E-state index is 0.350. The molecule has 0 fully saturated rings. The summed E-state index contributed by atoms with van der Waals surface area (Å²) in [5.74, 6) is 0.350. The Kier molecular flexibility index (Phi) is 1.87. The summed E-state index contributed by atoms with van der Waals surface area (Å²) in [7, 11) is 0. The zero-order chi connectivity index (χ0) is 6.69. The van der Waals surface area contributed by atoms with Crippen LogP contribution in [-0.4, -0.2) is 10.2 Å². The number of nitrogens with zero attached hydrogens (tertiary/aromatic N) is 1. The van der Waals surface area contributed by atoms with Crippen LogP contribution in [0.25, 0.3) is 0 Å². The fourth-order valence-corrected chi connectivity index (χ4v) is 0.634. The summed E-state index contributed by atoms with van der Waals surface area (Å²) in [6.07, 6.45) is 0. The number of nitrogens with one attached hydrogen (secondary N) is 1. The van der Waals surface area contributed by atoms with Crippen molar-refractivity contribution in [3.05, 3.63) is 23.4 Å². The van der Waals surface area contributed by atoms with Gasteiger partial charge in [-0.05, 0) is 12.1 Å². The molecule has 0 saturated heterocycles. The van der Waals surface area contributed by atoms with Gasteiger partial charge in [-0.25, -0.2) is 4.98 Å². The summed E-state index contributed by atoms with van der Waals surface area (Å²) < 4.78 is 0. The minimum Gasteiger partial charge on any atom is -0.290 e. The van der Waals surface area contributed by atoms with Gasteiger partial charge >= 0.3 is 0 Å². The molecule has 1 aromatic rings. The van der Waals surface area contributed by atoms with Crippen LogP contribution in [0.4, 0.5) is 5.82 Å². The van der Waals surface area contributed by atoms with Crippen LogP contribution in [0.3, 0.4) is 0 Å². The Morgan fingerprint density at radius 1 is 1.56 bits per heavy atom. The maximum absolute atomic E-state index is 8.29. The maximum Gasteiger partial charge on any atom is 0.151 e. The number of rotatable bonds is 1. The second kappa shape index (κ2) is 2.66. The van der Waals surface area contributed by atoms with Crippen LogP contribution in [0.15, 0.2) is 18.2 Å². The van der Waals surface area contributed by atoms with E-state index in [9.17, 15) is 0 Å². The largest absolute Gasteiger partial charge is 0.290 e. The van der Waals surface area contributed by atoms with Crippen molar-refractivity contribution in [2.24, 2.45) is 0 Å². The molecule has 0 saturated carbocycles. The Hall–Kier alpha value is -0.800. The first-order chi connectivity index (χ1) is 4.33. The molecule has 0 aliphatic rings. The van der Waals surface area contributed by atoms with E-state index in [1.54, 1.807) is 18.2 Å². The van der Waals surface area contributed by atoms with E-state index in [0.717, 1.165) is 0 Å². The molecule has 3 nitrogen and oxygen atoms in total. The third kappa shape index (κ3) is 1.55. The maximum atomic E-state index is 8.29. The molecular weight excluding hydrogens is 140 g/mol. The van der Waals surface area contributed by atoms with Crippen LogP contribution in [0.5, 0.6) is 0 Å². The van der Waals surface area contributed by atoms with Gasteiger partial charge < -0.3 is 0 Å². The van der Waals surface area contributed by atoms with Crippen molar-refractivity contribution in [2.75, 3.05) is 5.48 Å². The molecule has 0 spiro atoms. The van der Waals surface area contributed by atoms with Gasteiger partial charge in [0.15, 0.2) is 5.82 Å². The van der Waals surface area contributed by atoms with E-state index < -0.39 is 0 Å². The number of anilines is 1. The summed E-state index contributed by atoms with van der Waals surface area (Å²) in [6.45, 7) is 0. The Morgan fingerprint density at radius 2 is 2.33 bits per heavy atom. The molecule has 48 valence electrons. The van der Waals surface area contributed by atoms with Crippen LogP contribution in [0.2, 0.25) is 5.15 Å². The molecule has 1 aromatic heterocycles. The van der Waals surface area contributed by atoms with Gasteiger partial charge in [0.05, 0.1) is 0 Å². The number of halogens is 1.